The van der Waals surface area contributed by atoms with Crippen molar-refractivity contribution in [1.29, 1.82) is 0 Å². The summed E-state index contributed by atoms with van der Waals surface area (Å²) in [6, 6.07) is 7.08. The minimum atomic E-state index is -0.360. The minimum Gasteiger partial charge on any atom is -0.352 e. The Balaban J connectivity index is 1.59. The molecule has 3 atom stereocenters. The third-order valence-corrected chi connectivity index (χ3v) is 6.20. The Morgan fingerprint density at radius 1 is 1.28 bits per heavy atom. The average Bonchev–Trinajstić information content (AvgIpc) is 3.13. The van der Waals surface area contributed by atoms with Gasteiger partial charge in [-0.05, 0) is 30.4 Å². The van der Waals surface area contributed by atoms with Crippen LogP contribution in [0.3, 0.4) is 0 Å². The first-order valence-corrected chi connectivity index (χ1v) is 10.2. The van der Waals surface area contributed by atoms with E-state index in [1.165, 1.54) is 17.3 Å². The second-order valence-electron chi connectivity index (χ2n) is 7.84. The van der Waals surface area contributed by atoms with Gasteiger partial charge in [0.25, 0.3) is 11.3 Å². The molecule has 1 aliphatic rings. The van der Waals surface area contributed by atoms with E-state index < -0.39 is 0 Å². The van der Waals surface area contributed by atoms with E-state index in [0.29, 0.717) is 28.1 Å². The molecular formula is C21H23ClN4O3. The Morgan fingerprint density at radius 3 is 2.79 bits per heavy atom. The first kappa shape index (κ1) is 19.6. The zero-order valence-corrected chi connectivity index (χ0v) is 17.1. The quantitative estimate of drug-likeness (QED) is 0.703. The van der Waals surface area contributed by atoms with Crippen molar-refractivity contribution in [3.05, 3.63) is 46.0 Å². The number of benzene rings is 1. The topological polar surface area (TPSA) is 90.0 Å². The molecule has 8 heteroatoms. The van der Waals surface area contributed by atoms with Crippen molar-refractivity contribution in [3.8, 4) is 11.3 Å². The molecule has 1 saturated carbocycles. The molecule has 4 rings (SSSR count). The summed E-state index contributed by atoms with van der Waals surface area (Å²) in [5.41, 5.74) is 0.866. The molecule has 1 aliphatic carbocycles. The average molecular weight is 415 g/mol. The summed E-state index contributed by atoms with van der Waals surface area (Å²) in [6.07, 6.45) is 4.59. The second kappa shape index (κ2) is 7.99. The van der Waals surface area contributed by atoms with Gasteiger partial charge in [0.2, 0.25) is 5.91 Å². The Hall–Kier alpha value is -2.67. The lowest BCUT2D eigenvalue weighted by Crippen LogP contribution is -2.45. The molecule has 0 bridgehead atoms. The summed E-state index contributed by atoms with van der Waals surface area (Å²) in [7, 11) is 0. The maximum Gasteiger partial charge on any atom is 0.267 e. The van der Waals surface area contributed by atoms with Gasteiger partial charge in [-0.15, -0.1) is 0 Å². The van der Waals surface area contributed by atoms with Crippen molar-refractivity contribution in [3.63, 3.8) is 0 Å². The molecule has 1 aromatic carbocycles. The molecule has 0 aliphatic heterocycles. The summed E-state index contributed by atoms with van der Waals surface area (Å²) in [5, 5.41) is 7.92. The van der Waals surface area contributed by atoms with Crippen molar-refractivity contribution in [2.24, 2.45) is 11.8 Å². The highest BCUT2D eigenvalue weighted by molar-refractivity contribution is 6.30. The predicted octanol–water partition coefficient (Wildman–Crippen LogP) is 3.65. The van der Waals surface area contributed by atoms with Gasteiger partial charge in [0.1, 0.15) is 24.0 Å². The van der Waals surface area contributed by atoms with Crippen LogP contribution in [0.2, 0.25) is 5.02 Å². The molecule has 0 saturated heterocycles. The number of halogens is 1. The van der Waals surface area contributed by atoms with Gasteiger partial charge >= 0.3 is 0 Å². The highest BCUT2D eigenvalue weighted by Crippen LogP contribution is 2.29. The van der Waals surface area contributed by atoms with E-state index >= 15 is 0 Å². The third kappa shape index (κ3) is 3.92. The molecule has 29 heavy (non-hydrogen) atoms. The van der Waals surface area contributed by atoms with Crippen LogP contribution in [0.25, 0.3) is 22.4 Å². The summed E-state index contributed by atoms with van der Waals surface area (Å²) >= 11 is 5.94. The molecule has 7 nitrogen and oxygen atoms in total. The van der Waals surface area contributed by atoms with Crippen molar-refractivity contribution in [1.82, 2.24) is 20.0 Å². The normalized spacial score (nSPS) is 22.0. The van der Waals surface area contributed by atoms with E-state index in [9.17, 15) is 9.59 Å². The Bertz CT molecular complexity index is 1090. The van der Waals surface area contributed by atoms with E-state index in [2.05, 4.69) is 29.3 Å². The van der Waals surface area contributed by atoms with Gasteiger partial charge < -0.3 is 9.84 Å². The smallest absolute Gasteiger partial charge is 0.267 e. The molecule has 3 aromatic rings. The molecule has 1 amide bonds. The fourth-order valence-electron chi connectivity index (χ4n) is 3.99. The van der Waals surface area contributed by atoms with Gasteiger partial charge in [-0.1, -0.05) is 55.6 Å². The van der Waals surface area contributed by atoms with Crippen LogP contribution >= 0.6 is 11.6 Å². The van der Waals surface area contributed by atoms with Crippen LogP contribution in [0, 0.1) is 11.8 Å². The largest absolute Gasteiger partial charge is 0.352 e. The fraction of sp³-hybridized carbons (Fsp3) is 0.429. The lowest BCUT2D eigenvalue weighted by molar-refractivity contribution is -0.123. The van der Waals surface area contributed by atoms with Gasteiger partial charge in [0.15, 0.2) is 0 Å². The maximum atomic E-state index is 13.0. The monoisotopic (exact) mass is 414 g/mol. The molecule has 2 heterocycles. The number of aromatic nitrogens is 3. The van der Waals surface area contributed by atoms with Crippen molar-refractivity contribution < 1.29 is 9.32 Å². The lowest BCUT2D eigenvalue weighted by Gasteiger charge is -2.34. The van der Waals surface area contributed by atoms with Crippen LogP contribution < -0.4 is 10.9 Å². The number of rotatable bonds is 4. The maximum absolute atomic E-state index is 13.0. The van der Waals surface area contributed by atoms with E-state index in [0.717, 1.165) is 12.8 Å². The second-order valence-corrected chi connectivity index (χ2v) is 8.27. The predicted molar refractivity (Wildman–Crippen MR) is 111 cm³/mol. The molecule has 0 unspecified atom stereocenters. The highest BCUT2D eigenvalue weighted by atomic mass is 35.5. The summed E-state index contributed by atoms with van der Waals surface area (Å²) in [4.78, 5) is 29.8. The summed E-state index contributed by atoms with van der Waals surface area (Å²) in [5.74, 6) is 0.803. The van der Waals surface area contributed by atoms with Crippen LogP contribution in [-0.4, -0.2) is 26.7 Å². The first-order valence-electron chi connectivity index (χ1n) is 9.84. The highest BCUT2D eigenvalue weighted by Gasteiger charge is 2.28. The number of fused-ring (bicyclic) bond motifs is 1. The van der Waals surface area contributed by atoms with Crippen molar-refractivity contribution in [2.45, 2.75) is 45.7 Å². The van der Waals surface area contributed by atoms with Gasteiger partial charge in [-0.3, -0.25) is 14.2 Å². The fourth-order valence-corrected chi connectivity index (χ4v) is 4.12. The Morgan fingerprint density at radius 2 is 2.03 bits per heavy atom. The number of amides is 1. The van der Waals surface area contributed by atoms with Crippen molar-refractivity contribution in [2.75, 3.05) is 0 Å². The molecule has 0 spiro atoms. The molecule has 1 fully saturated rings. The molecule has 152 valence electrons. The van der Waals surface area contributed by atoms with E-state index in [4.69, 9.17) is 16.1 Å². The van der Waals surface area contributed by atoms with Gasteiger partial charge in [0.05, 0.1) is 0 Å². The number of hydrogen-bond acceptors (Lipinski definition) is 5. The van der Waals surface area contributed by atoms with Crippen LogP contribution in [0.4, 0.5) is 0 Å². The number of nitrogens with zero attached hydrogens (tertiary/aromatic N) is 3. The summed E-state index contributed by atoms with van der Waals surface area (Å²) in [6.45, 7) is 4.30. The SMILES string of the molecule is C[C@@H]1[C@H](C)CCC[C@@H]1NC(=O)Cn1cnc2onc(-c3ccc(Cl)cc3)c2c1=O. The number of nitrogens with one attached hydrogen (secondary N) is 1. The standard InChI is InChI=1S/C21H23ClN4O3/c1-12-4-3-5-16(13(12)2)24-17(27)10-26-11-23-20-18(21(26)28)19(25-29-20)14-6-8-15(22)9-7-14/h6-9,11-13,16H,3-5,10H2,1-2H3,(H,24,27)/t12-,13-,16+/m1/s1. The van der Waals surface area contributed by atoms with Gasteiger partial charge in [0, 0.05) is 16.6 Å². The zero-order valence-electron chi connectivity index (χ0n) is 16.4. The first-order chi connectivity index (χ1) is 13.9. The van der Waals surface area contributed by atoms with Gasteiger partial charge in [-0.2, -0.15) is 0 Å². The van der Waals surface area contributed by atoms with E-state index in [-0.39, 0.29) is 35.2 Å². The van der Waals surface area contributed by atoms with Gasteiger partial charge in [-0.25, -0.2) is 4.98 Å². The lowest BCUT2D eigenvalue weighted by atomic mass is 9.78. The van der Waals surface area contributed by atoms with Crippen molar-refractivity contribution >= 4 is 28.6 Å². The number of carbonyl (C=O) groups excluding carboxylic acids is 1. The van der Waals surface area contributed by atoms with Crippen LogP contribution in [0.5, 0.6) is 0 Å². The molecule has 0 radical (unpaired) electrons. The van der Waals surface area contributed by atoms with Crippen LogP contribution in [0.1, 0.15) is 33.1 Å². The molecule has 2 aromatic heterocycles. The number of hydrogen-bond donors (Lipinski definition) is 1. The summed E-state index contributed by atoms with van der Waals surface area (Å²) < 4.78 is 6.51. The third-order valence-electron chi connectivity index (χ3n) is 5.95. The van der Waals surface area contributed by atoms with E-state index in [1.807, 2.05) is 0 Å². The van der Waals surface area contributed by atoms with Crippen LogP contribution in [0.15, 0.2) is 39.9 Å². The Kier molecular flexibility index (Phi) is 5.41. The minimum absolute atomic E-state index is 0.0926. The Labute approximate surface area is 173 Å². The van der Waals surface area contributed by atoms with E-state index in [1.54, 1.807) is 24.3 Å². The molecular weight excluding hydrogens is 392 g/mol. The van der Waals surface area contributed by atoms with Crippen LogP contribution in [-0.2, 0) is 11.3 Å². The number of carbonyl (C=O) groups is 1. The zero-order chi connectivity index (χ0) is 20.5. The molecule has 1 N–H and O–H groups in total.